The van der Waals surface area contributed by atoms with Crippen molar-refractivity contribution in [2.24, 2.45) is 0 Å². The van der Waals surface area contributed by atoms with E-state index in [2.05, 4.69) is 30.0 Å². The molecule has 0 N–H and O–H groups in total. The Bertz CT molecular complexity index is 724. The van der Waals surface area contributed by atoms with E-state index in [1.807, 2.05) is 31.2 Å². The molecule has 2 aromatic carbocycles. The van der Waals surface area contributed by atoms with Crippen LogP contribution in [0, 0.1) is 0 Å². The quantitative estimate of drug-likeness (QED) is 0.743. The molecule has 3 nitrogen and oxygen atoms in total. The average molecular weight is 323 g/mol. The third kappa shape index (κ3) is 3.45. The largest absolute Gasteiger partial charge is 0.494 e. The molecule has 24 heavy (non-hydrogen) atoms. The van der Waals surface area contributed by atoms with Crippen LogP contribution in [0.25, 0.3) is 0 Å². The summed E-state index contributed by atoms with van der Waals surface area (Å²) in [6.07, 6.45) is 3.07. The third-order valence-corrected chi connectivity index (χ3v) is 4.60. The van der Waals surface area contributed by atoms with Gasteiger partial charge in [0.1, 0.15) is 5.75 Å². The van der Waals surface area contributed by atoms with E-state index < -0.39 is 0 Å². The molecule has 0 spiro atoms. The number of carbonyl (C=O) groups is 1. The Morgan fingerprint density at radius 3 is 2.79 bits per heavy atom. The predicted molar refractivity (Wildman–Crippen MR) is 98.3 cm³/mol. The Morgan fingerprint density at radius 1 is 1.17 bits per heavy atom. The standard InChI is InChI=1S/C21H25NO2/c1-3-16-14-18(11-12-21(16)24-4-2)20(23)15-22-13-7-9-17-8-5-6-10-19(17)22/h5-6,8,10-12,14H,3-4,7,9,13,15H2,1-2H3. The first-order valence-corrected chi connectivity index (χ1v) is 8.84. The van der Waals surface area contributed by atoms with Crippen LogP contribution in [0.4, 0.5) is 5.69 Å². The van der Waals surface area contributed by atoms with Gasteiger partial charge in [0.05, 0.1) is 13.2 Å². The lowest BCUT2D eigenvalue weighted by Crippen LogP contribution is -2.34. The minimum Gasteiger partial charge on any atom is -0.494 e. The molecule has 0 unspecified atom stereocenters. The number of para-hydroxylation sites is 1. The number of benzene rings is 2. The molecule has 0 bridgehead atoms. The Hall–Kier alpha value is -2.29. The van der Waals surface area contributed by atoms with Gasteiger partial charge in [-0.3, -0.25) is 4.79 Å². The lowest BCUT2D eigenvalue weighted by Gasteiger charge is -2.30. The van der Waals surface area contributed by atoms with E-state index in [1.54, 1.807) is 0 Å². The molecule has 126 valence electrons. The number of fused-ring (bicyclic) bond motifs is 1. The van der Waals surface area contributed by atoms with E-state index in [0.29, 0.717) is 13.2 Å². The summed E-state index contributed by atoms with van der Waals surface area (Å²) in [5.74, 6) is 1.06. The van der Waals surface area contributed by atoms with Crippen LogP contribution in [-0.4, -0.2) is 25.5 Å². The van der Waals surface area contributed by atoms with Gasteiger partial charge in [-0.25, -0.2) is 0 Å². The number of carbonyl (C=O) groups excluding carboxylic acids is 1. The number of rotatable bonds is 6. The van der Waals surface area contributed by atoms with Crippen molar-refractivity contribution >= 4 is 11.5 Å². The van der Waals surface area contributed by atoms with Crippen molar-refractivity contribution in [3.63, 3.8) is 0 Å². The monoisotopic (exact) mass is 323 g/mol. The second-order valence-corrected chi connectivity index (χ2v) is 6.19. The number of aryl methyl sites for hydroxylation is 2. The van der Waals surface area contributed by atoms with E-state index in [-0.39, 0.29) is 5.78 Å². The highest BCUT2D eigenvalue weighted by atomic mass is 16.5. The van der Waals surface area contributed by atoms with Crippen molar-refractivity contribution in [2.45, 2.75) is 33.1 Å². The van der Waals surface area contributed by atoms with Crippen molar-refractivity contribution < 1.29 is 9.53 Å². The first-order valence-electron chi connectivity index (χ1n) is 8.84. The van der Waals surface area contributed by atoms with E-state index in [0.717, 1.165) is 42.7 Å². The molecule has 0 atom stereocenters. The molecule has 0 fully saturated rings. The highest BCUT2D eigenvalue weighted by molar-refractivity contribution is 5.99. The molecule has 0 saturated heterocycles. The zero-order chi connectivity index (χ0) is 16.9. The van der Waals surface area contributed by atoms with Gasteiger partial charge >= 0.3 is 0 Å². The number of ether oxygens (including phenoxy) is 1. The number of ketones is 1. The Balaban J connectivity index is 1.78. The molecule has 2 aromatic rings. The van der Waals surface area contributed by atoms with Gasteiger partial charge in [-0.15, -0.1) is 0 Å². The molecule has 1 aliphatic heterocycles. The number of anilines is 1. The Morgan fingerprint density at radius 2 is 2.00 bits per heavy atom. The second-order valence-electron chi connectivity index (χ2n) is 6.19. The molecule has 1 heterocycles. The molecule has 0 aliphatic carbocycles. The molecule has 0 aromatic heterocycles. The van der Waals surface area contributed by atoms with Crippen molar-refractivity contribution in [3.8, 4) is 5.75 Å². The number of hydrogen-bond acceptors (Lipinski definition) is 3. The molecule has 1 aliphatic rings. The van der Waals surface area contributed by atoms with Crippen LogP contribution in [0.2, 0.25) is 0 Å². The summed E-state index contributed by atoms with van der Waals surface area (Å²) in [7, 11) is 0. The van der Waals surface area contributed by atoms with Crippen LogP contribution < -0.4 is 9.64 Å². The lowest BCUT2D eigenvalue weighted by molar-refractivity contribution is 0.0998. The average Bonchev–Trinajstić information content (AvgIpc) is 2.62. The summed E-state index contributed by atoms with van der Waals surface area (Å²) in [6.45, 7) is 6.10. The summed E-state index contributed by atoms with van der Waals surface area (Å²) >= 11 is 0. The van der Waals surface area contributed by atoms with Crippen LogP contribution >= 0.6 is 0 Å². The Labute approximate surface area is 144 Å². The van der Waals surface area contributed by atoms with Gasteiger partial charge in [0, 0.05) is 17.8 Å². The van der Waals surface area contributed by atoms with Crippen LogP contribution in [0.1, 0.15) is 41.8 Å². The topological polar surface area (TPSA) is 29.5 Å². The minimum absolute atomic E-state index is 0.171. The third-order valence-electron chi connectivity index (χ3n) is 4.60. The zero-order valence-corrected chi connectivity index (χ0v) is 14.5. The number of nitrogens with zero attached hydrogens (tertiary/aromatic N) is 1. The molecular formula is C21H25NO2. The second kappa shape index (κ2) is 7.52. The van der Waals surface area contributed by atoms with Gasteiger partial charge in [-0.1, -0.05) is 25.1 Å². The van der Waals surface area contributed by atoms with Gasteiger partial charge in [0.15, 0.2) is 5.78 Å². The molecule has 0 radical (unpaired) electrons. The van der Waals surface area contributed by atoms with Gasteiger partial charge in [0.25, 0.3) is 0 Å². The molecule has 0 saturated carbocycles. The molecule has 3 heteroatoms. The first kappa shape index (κ1) is 16.6. The van der Waals surface area contributed by atoms with Gasteiger partial charge in [-0.2, -0.15) is 0 Å². The summed E-state index contributed by atoms with van der Waals surface area (Å²) in [4.78, 5) is 15.0. The number of Topliss-reactive ketones (excluding diaryl/α,β-unsaturated/α-hetero) is 1. The fourth-order valence-corrected chi connectivity index (χ4v) is 3.37. The van der Waals surface area contributed by atoms with Gasteiger partial charge in [0.2, 0.25) is 0 Å². The molecule has 0 amide bonds. The van der Waals surface area contributed by atoms with E-state index in [1.165, 1.54) is 11.3 Å². The maximum atomic E-state index is 12.8. The maximum Gasteiger partial charge on any atom is 0.182 e. The SMILES string of the molecule is CCOc1ccc(C(=O)CN2CCCc3ccccc32)cc1CC. The summed E-state index contributed by atoms with van der Waals surface area (Å²) in [5.41, 5.74) is 4.43. The predicted octanol–water partition coefficient (Wildman–Crippen LogP) is 4.28. The molecular weight excluding hydrogens is 298 g/mol. The van der Waals surface area contributed by atoms with Crippen molar-refractivity contribution in [3.05, 3.63) is 59.2 Å². The smallest absolute Gasteiger partial charge is 0.182 e. The van der Waals surface area contributed by atoms with Crippen LogP contribution in [-0.2, 0) is 12.8 Å². The van der Waals surface area contributed by atoms with Crippen molar-refractivity contribution in [1.29, 1.82) is 0 Å². The fraction of sp³-hybridized carbons (Fsp3) is 0.381. The number of hydrogen-bond donors (Lipinski definition) is 0. The van der Waals surface area contributed by atoms with Crippen LogP contribution in [0.15, 0.2) is 42.5 Å². The van der Waals surface area contributed by atoms with E-state index in [9.17, 15) is 4.79 Å². The molecule has 3 rings (SSSR count). The van der Waals surface area contributed by atoms with E-state index in [4.69, 9.17) is 4.74 Å². The fourth-order valence-electron chi connectivity index (χ4n) is 3.37. The highest BCUT2D eigenvalue weighted by Crippen LogP contribution is 2.27. The van der Waals surface area contributed by atoms with Gasteiger partial charge < -0.3 is 9.64 Å². The minimum atomic E-state index is 0.171. The first-order chi connectivity index (χ1) is 11.7. The summed E-state index contributed by atoms with van der Waals surface area (Å²) < 4.78 is 5.64. The maximum absolute atomic E-state index is 12.8. The lowest BCUT2D eigenvalue weighted by atomic mass is 10.00. The van der Waals surface area contributed by atoms with Crippen molar-refractivity contribution in [1.82, 2.24) is 0 Å². The van der Waals surface area contributed by atoms with E-state index >= 15 is 0 Å². The highest BCUT2D eigenvalue weighted by Gasteiger charge is 2.19. The summed E-state index contributed by atoms with van der Waals surface area (Å²) in [5, 5.41) is 0. The van der Waals surface area contributed by atoms with Crippen molar-refractivity contribution in [2.75, 3.05) is 24.6 Å². The summed E-state index contributed by atoms with van der Waals surface area (Å²) in [6, 6.07) is 14.2. The zero-order valence-electron chi connectivity index (χ0n) is 14.5. The van der Waals surface area contributed by atoms with Gasteiger partial charge in [-0.05, 0) is 61.6 Å². The Kier molecular flexibility index (Phi) is 5.19. The van der Waals surface area contributed by atoms with Crippen LogP contribution in [0.3, 0.4) is 0 Å². The normalized spacial score (nSPS) is 13.5. The van der Waals surface area contributed by atoms with Crippen LogP contribution in [0.5, 0.6) is 5.75 Å².